The zero-order chi connectivity index (χ0) is 15.4. The monoisotopic (exact) mass is 352 g/mol. The third-order valence-corrected chi connectivity index (χ3v) is 3.25. The summed E-state index contributed by atoms with van der Waals surface area (Å²) in [6.07, 6.45) is 0. The molecule has 4 nitrogen and oxygen atoms in total. The first kappa shape index (κ1) is 15.3. The third-order valence-electron chi connectivity index (χ3n) is 2.76. The van der Waals surface area contributed by atoms with E-state index in [0.29, 0.717) is 21.5 Å². The molecule has 0 spiro atoms. The van der Waals surface area contributed by atoms with E-state index in [1.165, 1.54) is 12.1 Å². The summed E-state index contributed by atoms with van der Waals surface area (Å²) in [7, 11) is 0. The highest BCUT2D eigenvalue weighted by atomic mass is 79.9. The number of nitrogens with two attached hydrogens (primary N) is 1. The van der Waals surface area contributed by atoms with Gasteiger partial charge in [0.2, 0.25) is 0 Å². The molecule has 0 saturated carbocycles. The van der Waals surface area contributed by atoms with Crippen LogP contribution >= 0.6 is 15.9 Å². The topological polar surface area (TPSA) is 64.3 Å². The van der Waals surface area contributed by atoms with E-state index in [1.807, 2.05) is 0 Å². The molecule has 0 saturated heterocycles. The van der Waals surface area contributed by atoms with Crippen molar-refractivity contribution in [3.8, 4) is 0 Å². The Balaban J connectivity index is 2.28. The van der Waals surface area contributed by atoms with Crippen LogP contribution in [0, 0.1) is 5.82 Å². The van der Waals surface area contributed by atoms with Gasteiger partial charge in [-0.25, -0.2) is 9.18 Å². The van der Waals surface area contributed by atoms with Gasteiger partial charge in [-0.3, -0.25) is 0 Å². The number of halogens is 2. The number of hydrogen-bond donors (Lipinski definition) is 2. The van der Waals surface area contributed by atoms with Crippen molar-refractivity contribution < 1.29 is 13.9 Å². The Hall–Kier alpha value is -2.08. The fraction of sp³-hybridized carbons (Fsp3) is 0.133. The highest BCUT2D eigenvalue weighted by Crippen LogP contribution is 2.25. The number of carbonyl (C=O) groups is 1. The van der Waals surface area contributed by atoms with E-state index in [2.05, 4.69) is 21.2 Å². The fourth-order valence-corrected chi connectivity index (χ4v) is 2.10. The van der Waals surface area contributed by atoms with Crippen molar-refractivity contribution in [1.82, 2.24) is 0 Å². The number of carbonyl (C=O) groups excluding carboxylic acids is 1. The molecule has 0 radical (unpaired) electrons. The zero-order valence-corrected chi connectivity index (χ0v) is 12.9. The lowest BCUT2D eigenvalue weighted by atomic mass is 10.1. The first-order chi connectivity index (χ1) is 10.0. The summed E-state index contributed by atoms with van der Waals surface area (Å²) in [5, 5.41) is 2.90. The minimum atomic E-state index is -0.505. The van der Waals surface area contributed by atoms with Crippen LogP contribution in [0.3, 0.4) is 0 Å². The van der Waals surface area contributed by atoms with E-state index in [4.69, 9.17) is 10.5 Å². The standard InChI is InChI=1S/C15H14BrFN2O2/c1-2-21-15(20)11-8-10(4-5-13(11)18)19-14-6-3-9(16)7-12(14)17/h3-8,19H,2,18H2,1H3. The van der Waals surface area contributed by atoms with Crippen LogP contribution < -0.4 is 11.1 Å². The highest BCUT2D eigenvalue weighted by molar-refractivity contribution is 9.10. The van der Waals surface area contributed by atoms with Crippen molar-refractivity contribution in [2.24, 2.45) is 0 Å². The van der Waals surface area contributed by atoms with Gasteiger partial charge in [0.25, 0.3) is 0 Å². The predicted octanol–water partition coefficient (Wildman–Crippen LogP) is 4.09. The van der Waals surface area contributed by atoms with Crippen molar-refractivity contribution in [3.05, 3.63) is 52.3 Å². The lowest BCUT2D eigenvalue weighted by Gasteiger charge is -2.11. The van der Waals surface area contributed by atoms with Gasteiger partial charge in [0.1, 0.15) is 5.82 Å². The van der Waals surface area contributed by atoms with E-state index < -0.39 is 11.8 Å². The van der Waals surface area contributed by atoms with Crippen molar-refractivity contribution in [1.29, 1.82) is 0 Å². The molecule has 2 rings (SSSR count). The van der Waals surface area contributed by atoms with Crippen molar-refractivity contribution in [2.75, 3.05) is 17.7 Å². The Labute approximate surface area is 130 Å². The summed E-state index contributed by atoms with van der Waals surface area (Å²) in [4.78, 5) is 11.8. The van der Waals surface area contributed by atoms with Gasteiger partial charge in [-0.05, 0) is 43.3 Å². The number of rotatable bonds is 4. The summed E-state index contributed by atoms with van der Waals surface area (Å²) in [6.45, 7) is 1.98. The maximum absolute atomic E-state index is 13.8. The normalized spacial score (nSPS) is 10.2. The molecule has 0 atom stereocenters. The molecule has 2 aromatic carbocycles. The molecule has 110 valence electrons. The maximum Gasteiger partial charge on any atom is 0.340 e. The van der Waals surface area contributed by atoms with Gasteiger partial charge >= 0.3 is 5.97 Å². The van der Waals surface area contributed by atoms with Crippen LogP contribution in [-0.2, 0) is 4.74 Å². The molecule has 0 aliphatic rings. The first-order valence-corrected chi connectivity index (χ1v) is 7.09. The number of nitrogens with one attached hydrogen (secondary N) is 1. The number of esters is 1. The third kappa shape index (κ3) is 3.72. The number of anilines is 3. The second-order valence-corrected chi connectivity index (χ2v) is 5.19. The van der Waals surface area contributed by atoms with E-state index >= 15 is 0 Å². The largest absolute Gasteiger partial charge is 0.462 e. The molecule has 6 heteroatoms. The molecule has 0 aliphatic carbocycles. The van der Waals surface area contributed by atoms with Gasteiger partial charge in [0.05, 0.1) is 17.9 Å². The molecule has 0 aromatic heterocycles. The maximum atomic E-state index is 13.8. The smallest absolute Gasteiger partial charge is 0.340 e. The Morgan fingerprint density at radius 2 is 2.10 bits per heavy atom. The predicted molar refractivity (Wildman–Crippen MR) is 84.2 cm³/mol. The van der Waals surface area contributed by atoms with Crippen molar-refractivity contribution >= 4 is 39.0 Å². The second-order valence-electron chi connectivity index (χ2n) is 4.27. The molecule has 0 bridgehead atoms. The molecule has 0 unspecified atom stereocenters. The first-order valence-electron chi connectivity index (χ1n) is 6.30. The van der Waals surface area contributed by atoms with E-state index in [9.17, 15) is 9.18 Å². The molecule has 0 aliphatic heterocycles. The second kappa shape index (κ2) is 6.58. The molecular formula is C15H14BrFN2O2. The quantitative estimate of drug-likeness (QED) is 0.642. The van der Waals surface area contributed by atoms with Crippen LogP contribution in [0.2, 0.25) is 0 Å². The number of benzene rings is 2. The van der Waals surface area contributed by atoms with E-state index in [1.54, 1.807) is 31.2 Å². The number of ether oxygens (including phenoxy) is 1. The molecule has 2 aromatic rings. The van der Waals surface area contributed by atoms with Gasteiger partial charge in [-0.2, -0.15) is 0 Å². The summed E-state index contributed by atoms with van der Waals surface area (Å²) in [5.74, 6) is -0.909. The Morgan fingerprint density at radius 1 is 1.33 bits per heavy atom. The van der Waals surface area contributed by atoms with E-state index in [-0.39, 0.29) is 12.2 Å². The van der Waals surface area contributed by atoms with Crippen molar-refractivity contribution in [3.63, 3.8) is 0 Å². The molecule has 0 amide bonds. The lowest BCUT2D eigenvalue weighted by Crippen LogP contribution is -2.08. The van der Waals surface area contributed by atoms with Crippen LogP contribution in [0.15, 0.2) is 40.9 Å². The van der Waals surface area contributed by atoms with E-state index in [0.717, 1.165) is 0 Å². The zero-order valence-electron chi connectivity index (χ0n) is 11.3. The van der Waals surface area contributed by atoms with Crippen LogP contribution in [-0.4, -0.2) is 12.6 Å². The fourth-order valence-electron chi connectivity index (χ4n) is 1.77. The average Bonchev–Trinajstić information content (AvgIpc) is 2.44. The molecule has 0 fully saturated rings. The minimum absolute atomic E-state index is 0.249. The highest BCUT2D eigenvalue weighted by Gasteiger charge is 2.12. The van der Waals surface area contributed by atoms with Gasteiger partial charge in [-0.1, -0.05) is 15.9 Å². The average molecular weight is 353 g/mol. The van der Waals surface area contributed by atoms with Gasteiger partial charge < -0.3 is 15.8 Å². The summed E-state index contributed by atoms with van der Waals surface area (Å²) >= 11 is 3.19. The SMILES string of the molecule is CCOC(=O)c1cc(Nc2ccc(Br)cc2F)ccc1N. The lowest BCUT2D eigenvalue weighted by molar-refractivity contribution is 0.0527. The Morgan fingerprint density at radius 3 is 2.76 bits per heavy atom. The van der Waals surface area contributed by atoms with Gasteiger partial charge in [0, 0.05) is 15.8 Å². The van der Waals surface area contributed by atoms with Crippen LogP contribution in [0.4, 0.5) is 21.5 Å². The molecular weight excluding hydrogens is 339 g/mol. The number of nitrogen functional groups attached to an aromatic ring is 1. The Bertz CT molecular complexity index is 677. The summed E-state index contributed by atoms with van der Waals surface area (Å²) in [6, 6.07) is 9.44. The summed E-state index contributed by atoms with van der Waals surface area (Å²) < 4.78 is 19.4. The van der Waals surface area contributed by atoms with Gasteiger partial charge in [0.15, 0.2) is 0 Å². The molecule has 3 N–H and O–H groups in total. The minimum Gasteiger partial charge on any atom is -0.462 e. The molecule has 0 heterocycles. The Kier molecular flexibility index (Phi) is 4.80. The number of hydrogen-bond acceptors (Lipinski definition) is 4. The van der Waals surface area contributed by atoms with Crippen LogP contribution in [0.1, 0.15) is 17.3 Å². The van der Waals surface area contributed by atoms with Crippen LogP contribution in [0.25, 0.3) is 0 Å². The summed E-state index contributed by atoms with van der Waals surface area (Å²) in [5.41, 5.74) is 7.17. The van der Waals surface area contributed by atoms with Gasteiger partial charge in [-0.15, -0.1) is 0 Å². The van der Waals surface area contributed by atoms with Crippen molar-refractivity contribution in [2.45, 2.75) is 6.92 Å². The van der Waals surface area contributed by atoms with Crippen LogP contribution in [0.5, 0.6) is 0 Å². The molecule has 21 heavy (non-hydrogen) atoms.